The number of benzene rings is 1. The zero-order valence-electron chi connectivity index (χ0n) is 12.6. The minimum absolute atomic E-state index is 0.120. The summed E-state index contributed by atoms with van der Waals surface area (Å²) in [6.07, 6.45) is 4.91. The molecule has 3 rings (SSSR count). The Labute approximate surface area is 127 Å². The van der Waals surface area contributed by atoms with Gasteiger partial charge in [-0.15, -0.1) is 0 Å². The highest BCUT2D eigenvalue weighted by molar-refractivity contribution is 6.31. The third kappa shape index (κ3) is 2.74. The standard InChI is InChI=1S/C17H25ClN2/c1-17(8-3-9-19-17)14-4-5-15(16(18)12-14)13-6-10-20(2)11-7-13/h4-5,12-13,19H,3,6-11H2,1-2H3. The quantitative estimate of drug-likeness (QED) is 0.893. The van der Waals surface area contributed by atoms with E-state index in [0.29, 0.717) is 5.92 Å². The Hall–Kier alpha value is -0.570. The third-order valence-electron chi connectivity index (χ3n) is 5.16. The van der Waals surface area contributed by atoms with Crippen LogP contribution < -0.4 is 5.32 Å². The molecule has 2 aliphatic heterocycles. The highest BCUT2D eigenvalue weighted by Crippen LogP contribution is 2.37. The summed E-state index contributed by atoms with van der Waals surface area (Å²) in [5.41, 5.74) is 2.82. The van der Waals surface area contributed by atoms with Gasteiger partial charge in [0.15, 0.2) is 0 Å². The smallest absolute Gasteiger partial charge is 0.0444 e. The molecule has 2 fully saturated rings. The lowest BCUT2D eigenvalue weighted by Crippen LogP contribution is -2.33. The Morgan fingerprint density at radius 1 is 1.30 bits per heavy atom. The largest absolute Gasteiger partial charge is 0.308 e. The summed E-state index contributed by atoms with van der Waals surface area (Å²) in [5, 5.41) is 4.58. The minimum Gasteiger partial charge on any atom is -0.308 e. The fraction of sp³-hybridized carbons (Fsp3) is 0.647. The van der Waals surface area contributed by atoms with Crippen LogP contribution in [0.2, 0.25) is 5.02 Å². The van der Waals surface area contributed by atoms with Gasteiger partial charge in [-0.2, -0.15) is 0 Å². The van der Waals surface area contributed by atoms with Crippen molar-refractivity contribution >= 4 is 11.6 Å². The van der Waals surface area contributed by atoms with E-state index >= 15 is 0 Å². The van der Waals surface area contributed by atoms with E-state index in [2.05, 4.69) is 42.4 Å². The second-order valence-electron chi connectivity index (χ2n) is 6.68. The first-order chi connectivity index (χ1) is 9.58. The van der Waals surface area contributed by atoms with E-state index in [9.17, 15) is 0 Å². The molecule has 2 nitrogen and oxygen atoms in total. The molecule has 1 aromatic carbocycles. The van der Waals surface area contributed by atoms with E-state index in [4.69, 9.17) is 11.6 Å². The molecule has 3 heteroatoms. The van der Waals surface area contributed by atoms with E-state index in [0.717, 1.165) is 11.6 Å². The zero-order chi connectivity index (χ0) is 14.2. The predicted molar refractivity (Wildman–Crippen MR) is 85.5 cm³/mol. The number of rotatable bonds is 2. The maximum atomic E-state index is 6.60. The molecule has 2 aliphatic rings. The lowest BCUT2D eigenvalue weighted by molar-refractivity contribution is 0.255. The van der Waals surface area contributed by atoms with Crippen LogP contribution in [-0.4, -0.2) is 31.6 Å². The van der Waals surface area contributed by atoms with Gasteiger partial charge in [-0.1, -0.05) is 23.7 Å². The normalized spacial score (nSPS) is 28.9. The maximum absolute atomic E-state index is 6.60. The van der Waals surface area contributed by atoms with E-state index in [1.54, 1.807) is 0 Å². The molecule has 110 valence electrons. The van der Waals surface area contributed by atoms with Crippen LogP contribution >= 0.6 is 11.6 Å². The first-order valence-electron chi connectivity index (χ1n) is 7.82. The van der Waals surface area contributed by atoms with Crippen LogP contribution in [0.15, 0.2) is 18.2 Å². The lowest BCUT2D eigenvalue weighted by atomic mass is 9.85. The fourth-order valence-electron chi connectivity index (χ4n) is 3.66. The first-order valence-corrected chi connectivity index (χ1v) is 8.20. The molecule has 0 saturated carbocycles. The van der Waals surface area contributed by atoms with Gasteiger partial charge >= 0.3 is 0 Å². The Balaban J connectivity index is 1.81. The van der Waals surface area contributed by atoms with Crippen LogP contribution in [0.4, 0.5) is 0 Å². The number of hydrogen-bond acceptors (Lipinski definition) is 2. The average Bonchev–Trinajstić information content (AvgIpc) is 2.88. The SMILES string of the molecule is CN1CCC(c2ccc(C3(C)CCCN3)cc2Cl)CC1. The first kappa shape index (κ1) is 14.4. The second kappa shape index (κ2) is 5.67. The van der Waals surface area contributed by atoms with Crippen molar-refractivity contribution < 1.29 is 0 Å². The van der Waals surface area contributed by atoms with Crippen molar-refractivity contribution in [3.05, 3.63) is 34.3 Å². The van der Waals surface area contributed by atoms with Gasteiger partial charge < -0.3 is 10.2 Å². The van der Waals surface area contributed by atoms with Crippen molar-refractivity contribution in [1.82, 2.24) is 10.2 Å². The van der Waals surface area contributed by atoms with Gasteiger partial charge in [0.25, 0.3) is 0 Å². The van der Waals surface area contributed by atoms with Crippen molar-refractivity contribution in [2.45, 2.75) is 44.1 Å². The fourth-order valence-corrected chi connectivity index (χ4v) is 4.00. The molecule has 1 atom stereocenters. The van der Waals surface area contributed by atoms with Gasteiger partial charge in [0.1, 0.15) is 0 Å². The topological polar surface area (TPSA) is 15.3 Å². The summed E-state index contributed by atoms with van der Waals surface area (Å²) in [6.45, 7) is 5.77. The monoisotopic (exact) mass is 292 g/mol. The Morgan fingerprint density at radius 2 is 2.05 bits per heavy atom. The van der Waals surface area contributed by atoms with Crippen molar-refractivity contribution in [2.75, 3.05) is 26.7 Å². The molecule has 2 saturated heterocycles. The Bertz CT molecular complexity index is 472. The van der Waals surface area contributed by atoms with E-state index in [-0.39, 0.29) is 5.54 Å². The molecule has 0 radical (unpaired) electrons. The molecule has 0 bridgehead atoms. The molecular weight excluding hydrogens is 268 g/mol. The summed E-state index contributed by atoms with van der Waals surface area (Å²) in [7, 11) is 2.20. The molecule has 0 amide bonds. The molecule has 20 heavy (non-hydrogen) atoms. The van der Waals surface area contributed by atoms with Crippen molar-refractivity contribution in [3.8, 4) is 0 Å². The van der Waals surface area contributed by atoms with Crippen LogP contribution in [0.5, 0.6) is 0 Å². The second-order valence-corrected chi connectivity index (χ2v) is 7.08. The van der Waals surface area contributed by atoms with E-state index in [1.807, 2.05) is 0 Å². The Morgan fingerprint density at radius 3 is 2.65 bits per heavy atom. The minimum atomic E-state index is 0.120. The zero-order valence-corrected chi connectivity index (χ0v) is 13.3. The van der Waals surface area contributed by atoms with Crippen LogP contribution in [-0.2, 0) is 5.54 Å². The molecule has 1 unspecified atom stereocenters. The van der Waals surface area contributed by atoms with Gasteiger partial charge in [-0.25, -0.2) is 0 Å². The molecule has 2 heterocycles. The van der Waals surface area contributed by atoms with Gasteiger partial charge in [-0.05, 0) is 82.4 Å². The summed E-state index contributed by atoms with van der Waals surface area (Å²) in [6, 6.07) is 6.77. The molecule has 0 aliphatic carbocycles. The number of nitrogens with zero attached hydrogens (tertiary/aromatic N) is 1. The number of likely N-dealkylation sites (tertiary alicyclic amines) is 1. The molecule has 0 aromatic heterocycles. The molecular formula is C17H25ClN2. The van der Waals surface area contributed by atoms with Crippen molar-refractivity contribution in [3.63, 3.8) is 0 Å². The number of halogens is 1. The van der Waals surface area contributed by atoms with Crippen molar-refractivity contribution in [1.29, 1.82) is 0 Å². The molecule has 0 spiro atoms. The van der Waals surface area contributed by atoms with Crippen LogP contribution in [0, 0.1) is 0 Å². The maximum Gasteiger partial charge on any atom is 0.0444 e. The molecule has 1 N–H and O–H groups in total. The summed E-state index contributed by atoms with van der Waals surface area (Å²) < 4.78 is 0. The van der Waals surface area contributed by atoms with Crippen LogP contribution in [0.25, 0.3) is 0 Å². The third-order valence-corrected chi connectivity index (χ3v) is 5.49. The average molecular weight is 293 g/mol. The number of piperidine rings is 1. The Kier molecular flexibility index (Phi) is 4.07. The van der Waals surface area contributed by atoms with Gasteiger partial charge in [0.2, 0.25) is 0 Å². The van der Waals surface area contributed by atoms with Gasteiger partial charge in [0, 0.05) is 10.6 Å². The van der Waals surface area contributed by atoms with Crippen LogP contribution in [0.3, 0.4) is 0 Å². The summed E-state index contributed by atoms with van der Waals surface area (Å²) in [5.74, 6) is 0.636. The predicted octanol–water partition coefficient (Wildman–Crippen LogP) is 3.75. The van der Waals surface area contributed by atoms with Gasteiger partial charge in [-0.3, -0.25) is 0 Å². The summed E-state index contributed by atoms with van der Waals surface area (Å²) in [4.78, 5) is 2.41. The highest BCUT2D eigenvalue weighted by atomic mass is 35.5. The van der Waals surface area contributed by atoms with Crippen LogP contribution in [0.1, 0.15) is 49.7 Å². The van der Waals surface area contributed by atoms with E-state index < -0.39 is 0 Å². The number of nitrogens with one attached hydrogen (secondary N) is 1. The molecule has 1 aromatic rings. The summed E-state index contributed by atoms with van der Waals surface area (Å²) >= 11 is 6.60. The van der Waals surface area contributed by atoms with Gasteiger partial charge in [0.05, 0.1) is 0 Å². The lowest BCUT2D eigenvalue weighted by Gasteiger charge is -2.31. The van der Waals surface area contributed by atoms with Crippen molar-refractivity contribution in [2.24, 2.45) is 0 Å². The number of hydrogen-bond donors (Lipinski definition) is 1. The highest BCUT2D eigenvalue weighted by Gasteiger charge is 2.30. The van der Waals surface area contributed by atoms with E-state index in [1.165, 1.54) is 49.9 Å².